The molecule has 0 unspecified atom stereocenters. The Morgan fingerprint density at radius 1 is 0.976 bits per heavy atom. The van der Waals surface area contributed by atoms with E-state index in [9.17, 15) is 10.1 Å². The molecule has 9 heteroatoms. The summed E-state index contributed by atoms with van der Waals surface area (Å²) < 4.78 is 16.8. The SMILES string of the molecule is COc1ccc(CN2C(=O)C(=Cc3cc(Cl)c(OCc4ccccc4C#N)c(OC)c3)SC2=Nc2ccccc2)cc1. The number of ether oxygens (including phenoxy) is 3. The molecule has 7 nitrogen and oxygen atoms in total. The van der Waals surface area contributed by atoms with Crippen molar-refractivity contribution in [1.82, 2.24) is 4.90 Å². The standard InChI is InChI=1S/C33H26ClN3O4S/c1-39-27-14-12-22(13-15-27)20-37-32(38)30(42-33(37)36-26-10-4-3-5-11-26)18-23-16-28(34)31(29(17-23)40-2)41-21-25-9-7-6-8-24(25)19-35/h3-18H,20-21H2,1-2H3. The number of amides is 1. The molecule has 1 amide bonds. The van der Waals surface area contributed by atoms with Crippen LogP contribution in [0.4, 0.5) is 5.69 Å². The van der Waals surface area contributed by atoms with Crippen LogP contribution in [0.5, 0.6) is 17.2 Å². The van der Waals surface area contributed by atoms with E-state index in [1.165, 1.54) is 18.9 Å². The number of hydrogen-bond donors (Lipinski definition) is 0. The van der Waals surface area contributed by atoms with Crippen LogP contribution in [0.15, 0.2) is 101 Å². The van der Waals surface area contributed by atoms with Crippen LogP contribution < -0.4 is 14.2 Å². The van der Waals surface area contributed by atoms with Gasteiger partial charge in [-0.1, -0.05) is 60.1 Å². The average molecular weight is 596 g/mol. The lowest BCUT2D eigenvalue weighted by Gasteiger charge is -2.16. The maximum atomic E-state index is 13.7. The molecule has 0 saturated carbocycles. The number of para-hydroxylation sites is 1. The van der Waals surface area contributed by atoms with Crippen molar-refractivity contribution in [3.05, 3.63) is 123 Å². The zero-order chi connectivity index (χ0) is 29.5. The van der Waals surface area contributed by atoms with Crippen LogP contribution in [0, 0.1) is 11.3 Å². The van der Waals surface area contributed by atoms with Gasteiger partial charge < -0.3 is 14.2 Å². The number of thioether (sulfide) groups is 1. The second kappa shape index (κ2) is 13.3. The van der Waals surface area contributed by atoms with Crippen molar-refractivity contribution in [3.63, 3.8) is 0 Å². The van der Waals surface area contributed by atoms with E-state index < -0.39 is 0 Å². The van der Waals surface area contributed by atoms with E-state index >= 15 is 0 Å². The predicted molar refractivity (Wildman–Crippen MR) is 166 cm³/mol. The van der Waals surface area contributed by atoms with Crippen LogP contribution in [-0.4, -0.2) is 30.2 Å². The predicted octanol–water partition coefficient (Wildman–Crippen LogP) is 7.61. The van der Waals surface area contributed by atoms with Gasteiger partial charge in [0.05, 0.1) is 48.0 Å². The quantitative estimate of drug-likeness (QED) is 0.185. The van der Waals surface area contributed by atoms with Gasteiger partial charge in [-0.25, -0.2) is 4.99 Å². The Bertz CT molecular complexity index is 1700. The van der Waals surface area contributed by atoms with Crippen LogP contribution in [-0.2, 0) is 17.9 Å². The van der Waals surface area contributed by atoms with E-state index in [1.807, 2.05) is 66.7 Å². The number of carbonyl (C=O) groups is 1. The van der Waals surface area contributed by atoms with E-state index in [1.54, 1.807) is 42.4 Å². The monoisotopic (exact) mass is 595 g/mol. The number of nitriles is 1. The maximum Gasteiger partial charge on any atom is 0.267 e. The van der Waals surface area contributed by atoms with Gasteiger partial charge in [-0.3, -0.25) is 9.69 Å². The van der Waals surface area contributed by atoms with Gasteiger partial charge in [0, 0.05) is 5.56 Å². The first kappa shape index (κ1) is 28.8. The summed E-state index contributed by atoms with van der Waals surface area (Å²) in [6.45, 7) is 0.494. The van der Waals surface area contributed by atoms with Crippen LogP contribution in [0.3, 0.4) is 0 Å². The number of carbonyl (C=O) groups excluding carboxylic acids is 1. The van der Waals surface area contributed by atoms with Gasteiger partial charge in [-0.2, -0.15) is 5.26 Å². The maximum absolute atomic E-state index is 13.7. The summed E-state index contributed by atoms with van der Waals surface area (Å²) in [4.78, 5) is 20.6. The highest BCUT2D eigenvalue weighted by atomic mass is 35.5. The Morgan fingerprint density at radius 2 is 1.71 bits per heavy atom. The molecule has 0 aliphatic carbocycles. The summed E-state index contributed by atoms with van der Waals surface area (Å²) in [5.74, 6) is 1.33. The third-order valence-electron chi connectivity index (χ3n) is 6.43. The van der Waals surface area contributed by atoms with Crippen molar-refractivity contribution >= 4 is 46.2 Å². The fourth-order valence-electron chi connectivity index (χ4n) is 4.28. The highest BCUT2D eigenvalue weighted by Crippen LogP contribution is 2.40. The first-order chi connectivity index (χ1) is 20.5. The normalized spacial score (nSPS) is 14.7. The Hall–Kier alpha value is -4.71. The van der Waals surface area contributed by atoms with Gasteiger partial charge in [-0.05, 0) is 71.4 Å². The molecule has 1 fully saturated rings. The second-order valence-electron chi connectivity index (χ2n) is 9.17. The van der Waals surface area contributed by atoms with Crippen LogP contribution in [0.1, 0.15) is 22.3 Å². The molecule has 1 aliphatic rings. The molecule has 0 aromatic heterocycles. The molecule has 5 rings (SSSR count). The van der Waals surface area contributed by atoms with Crippen LogP contribution in [0.2, 0.25) is 5.02 Å². The third kappa shape index (κ3) is 6.60. The molecule has 0 bridgehead atoms. The lowest BCUT2D eigenvalue weighted by molar-refractivity contribution is -0.122. The zero-order valence-electron chi connectivity index (χ0n) is 22.9. The number of methoxy groups -OCH3 is 2. The Balaban J connectivity index is 1.43. The van der Waals surface area contributed by atoms with Crippen molar-refractivity contribution in [1.29, 1.82) is 5.26 Å². The van der Waals surface area contributed by atoms with Crippen molar-refractivity contribution in [3.8, 4) is 23.3 Å². The minimum absolute atomic E-state index is 0.147. The molecule has 210 valence electrons. The third-order valence-corrected chi connectivity index (χ3v) is 7.72. The first-order valence-corrected chi connectivity index (χ1v) is 14.1. The van der Waals surface area contributed by atoms with Gasteiger partial charge in [-0.15, -0.1) is 0 Å². The molecule has 1 heterocycles. The van der Waals surface area contributed by atoms with Crippen LogP contribution >= 0.6 is 23.4 Å². The van der Waals surface area contributed by atoms with Gasteiger partial charge >= 0.3 is 0 Å². The smallest absolute Gasteiger partial charge is 0.267 e. The lowest BCUT2D eigenvalue weighted by atomic mass is 10.1. The molecule has 0 N–H and O–H groups in total. The number of hydrogen-bond acceptors (Lipinski definition) is 7. The van der Waals surface area contributed by atoms with E-state index in [-0.39, 0.29) is 12.5 Å². The summed E-state index contributed by atoms with van der Waals surface area (Å²) in [6, 6.07) is 30.0. The molecular formula is C33H26ClN3O4S. The van der Waals surface area contributed by atoms with Gasteiger partial charge in [0.1, 0.15) is 12.4 Å². The van der Waals surface area contributed by atoms with Crippen molar-refractivity contribution < 1.29 is 19.0 Å². The number of benzene rings is 4. The second-order valence-corrected chi connectivity index (χ2v) is 10.6. The summed E-state index contributed by atoms with van der Waals surface area (Å²) in [6.07, 6.45) is 1.77. The number of amidine groups is 1. The Morgan fingerprint density at radius 3 is 2.43 bits per heavy atom. The summed E-state index contributed by atoms with van der Waals surface area (Å²) in [5.41, 5.74) is 3.62. The van der Waals surface area contributed by atoms with Gasteiger partial charge in [0.15, 0.2) is 16.7 Å². The molecule has 1 aliphatic heterocycles. The Kier molecular flexibility index (Phi) is 9.12. The molecule has 42 heavy (non-hydrogen) atoms. The fraction of sp³-hybridized carbons (Fsp3) is 0.121. The molecule has 4 aromatic rings. The topological polar surface area (TPSA) is 84.1 Å². The van der Waals surface area contributed by atoms with E-state index in [0.29, 0.717) is 44.3 Å². The summed E-state index contributed by atoms with van der Waals surface area (Å²) in [5, 5.41) is 10.3. The number of rotatable bonds is 9. The number of halogens is 1. The van der Waals surface area contributed by atoms with Crippen LogP contribution in [0.25, 0.3) is 6.08 Å². The molecule has 0 spiro atoms. The molecule has 0 radical (unpaired) electrons. The van der Waals surface area contributed by atoms with Gasteiger partial charge in [0.2, 0.25) is 0 Å². The summed E-state index contributed by atoms with van der Waals surface area (Å²) in [7, 11) is 3.14. The zero-order valence-corrected chi connectivity index (χ0v) is 24.5. The molecule has 0 atom stereocenters. The molecule has 4 aromatic carbocycles. The minimum atomic E-state index is -0.172. The van der Waals surface area contributed by atoms with Crippen molar-refractivity contribution in [2.24, 2.45) is 4.99 Å². The van der Waals surface area contributed by atoms with Crippen molar-refractivity contribution in [2.45, 2.75) is 13.2 Å². The van der Waals surface area contributed by atoms with E-state index in [0.717, 1.165) is 22.6 Å². The highest BCUT2D eigenvalue weighted by molar-refractivity contribution is 8.18. The minimum Gasteiger partial charge on any atom is -0.497 e. The fourth-order valence-corrected chi connectivity index (χ4v) is 5.55. The average Bonchev–Trinajstić information content (AvgIpc) is 3.29. The van der Waals surface area contributed by atoms with Gasteiger partial charge in [0.25, 0.3) is 5.91 Å². The number of nitrogens with zero attached hydrogens (tertiary/aromatic N) is 3. The Labute approximate surface area is 253 Å². The summed E-state index contributed by atoms with van der Waals surface area (Å²) >= 11 is 7.93. The van der Waals surface area contributed by atoms with E-state index in [4.69, 9.17) is 30.8 Å². The highest BCUT2D eigenvalue weighted by Gasteiger charge is 2.33. The first-order valence-electron chi connectivity index (χ1n) is 13.0. The van der Waals surface area contributed by atoms with Crippen molar-refractivity contribution in [2.75, 3.05) is 14.2 Å². The molecular weight excluding hydrogens is 570 g/mol. The molecule has 1 saturated heterocycles. The number of aliphatic imine (C=N–C) groups is 1. The van der Waals surface area contributed by atoms with E-state index in [2.05, 4.69) is 6.07 Å². The lowest BCUT2D eigenvalue weighted by Crippen LogP contribution is -2.28. The largest absolute Gasteiger partial charge is 0.497 e.